The standard InChI is InChI=1S/C18H22N2O/c1-3-13-18(17(19)21,15-10-5-4-6-11-15)20-16-12-8-7-9-14(16)2/h4-12,20H,3,13H2,1-2H3,(H2,19,21). The van der Waals surface area contributed by atoms with Crippen LogP contribution in [0.25, 0.3) is 0 Å². The minimum atomic E-state index is -0.873. The number of primary amides is 1. The molecule has 1 atom stereocenters. The summed E-state index contributed by atoms with van der Waals surface area (Å²) in [6.45, 7) is 4.07. The van der Waals surface area contributed by atoms with Gasteiger partial charge < -0.3 is 11.1 Å². The maximum Gasteiger partial charge on any atom is 0.247 e. The van der Waals surface area contributed by atoms with Gasteiger partial charge in [-0.3, -0.25) is 4.79 Å². The average Bonchev–Trinajstić information content (AvgIpc) is 2.49. The van der Waals surface area contributed by atoms with Crippen molar-refractivity contribution < 1.29 is 4.79 Å². The van der Waals surface area contributed by atoms with E-state index in [2.05, 4.69) is 12.2 Å². The zero-order valence-electron chi connectivity index (χ0n) is 12.6. The molecular formula is C18H22N2O. The fourth-order valence-corrected chi connectivity index (χ4v) is 2.65. The van der Waals surface area contributed by atoms with Gasteiger partial charge in [-0.1, -0.05) is 61.9 Å². The molecule has 3 nitrogen and oxygen atoms in total. The van der Waals surface area contributed by atoms with Crippen molar-refractivity contribution in [2.75, 3.05) is 5.32 Å². The minimum absolute atomic E-state index is 0.348. The Hall–Kier alpha value is -2.29. The normalized spacial score (nSPS) is 13.4. The van der Waals surface area contributed by atoms with Gasteiger partial charge >= 0.3 is 0 Å². The van der Waals surface area contributed by atoms with Crippen molar-refractivity contribution in [1.82, 2.24) is 0 Å². The number of para-hydroxylation sites is 1. The lowest BCUT2D eigenvalue weighted by molar-refractivity contribution is -0.122. The van der Waals surface area contributed by atoms with Gasteiger partial charge in [-0.05, 0) is 30.5 Å². The highest BCUT2D eigenvalue weighted by Crippen LogP contribution is 2.32. The first kappa shape index (κ1) is 15.1. The van der Waals surface area contributed by atoms with Crippen LogP contribution in [0.4, 0.5) is 5.69 Å². The van der Waals surface area contributed by atoms with Gasteiger partial charge in [0, 0.05) is 5.69 Å². The first-order valence-corrected chi connectivity index (χ1v) is 7.29. The molecule has 0 spiro atoms. The predicted octanol–water partition coefficient (Wildman–Crippen LogP) is 3.59. The van der Waals surface area contributed by atoms with Crippen molar-refractivity contribution in [2.24, 2.45) is 5.73 Å². The topological polar surface area (TPSA) is 55.1 Å². The summed E-state index contributed by atoms with van der Waals surface area (Å²) in [5.74, 6) is -0.348. The Morgan fingerprint density at radius 3 is 2.29 bits per heavy atom. The van der Waals surface area contributed by atoms with Gasteiger partial charge in [-0.2, -0.15) is 0 Å². The molecule has 2 rings (SSSR count). The van der Waals surface area contributed by atoms with Gasteiger partial charge in [0.15, 0.2) is 0 Å². The summed E-state index contributed by atoms with van der Waals surface area (Å²) in [4.78, 5) is 12.3. The van der Waals surface area contributed by atoms with Gasteiger partial charge in [-0.25, -0.2) is 0 Å². The van der Waals surface area contributed by atoms with E-state index in [1.165, 1.54) is 0 Å². The summed E-state index contributed by atoms with van der Waals surface area (Å²) >= 11 is 0. The summed E-state index contributed by atoms with van der Waals surface area (Å²) in [7, 11) is 0. The van der Waals surface area contributed by atoms with Crippen LogP contribution in [0.1, 0.15) is 30.9 Å². The zero-order chi connectivity index (χ0) is 15.3. The Bertz CT molecular complexity index is 610. The van der Waals surface area contributed by atoms with E-state index in [0.29, 0.717) is 6.42 Å². The molecule has 0 radical (unpaired) electrons. The maximum atomic E-state index is 12.3. The number of nitrogens with two attached hydrogens (primary N) is 1. The van der Waals surface area contributed by atoms with E-state index in [1.807, 2.05) is 61.5 Å². The number of carbonyl (C=O) groups is 1. The van der Waals surface area contributed by atoms with Gasteiger partial charge in [0.25, 0.3) is 0 Å². The molecular weight excluding hydrogens is 260 g/mol. The molecule has 2 aromatic carbocycles. The first-order chi connectivity index (χ1) is 10.1. The number of hydrogen-bond donors (Lipinski definition) is 2. The minimum Gasteiger partial charge on any atom is -0.367 e. The van der Waals surface area contributed by atoms with Crippen LogP contribution >= 0.6 is 0 Å². The molecule has 0 saturated carbocycles. The molecule has 0 bridgehead atoms. The molecule has 110 valence electrons. The SMILES string of the molecule is CCCC(Nc1ccccc1C)(C(N)=O)c1ccccc1. The van der Waals surface area contributed by atoms with Crippen molar-refractivity contribution in [3.05, 3.63) is 65.7 Å². The first-order valence-electron chi connectivity index (χ1n) is 7.29. The number of aryl methyl sites for hydroxylation is 1. The number of amides is 1. The molecule has 0 fully saturated rings. The lowest BCUT2D eigenvalue weighted by atomic mass is 9.84. The van der Waals surface area contributed by atoms with E-state index < -0.39 is 5.54 Å². The van der Waals surface area contributed by atoms with Crippen LogP contribution in [-0.4, -0.2) is 5.91 Å². The monoisotopic (exact) mass is 282 g/mol. The maximum absolute atomic E-state index is 12.3. The van der Waals surface area contributed by atoms with Crippen LogP contribution in [0.2, 0.25) is 0 Å². The molecule has 1 amide bonds. The molecule has 0 aromatic heterocycles. The van der Waals surface area contributed by atoms with E-state index in [9.17, 15) is 4.79 Å². The fraction of sp³-hybridized carbons (Fsp3) is 0.278. The number of hydrogen-bond acceptors (Lipinski definition) is 2. The highest BCUT2D eigenvalue weighted by Gasteiger charge is 2.37. The average molecular weight is 282 g/mol. The van der Waals surface area contributed by atoms with E-state index in [4.69, 9.17) is 5.73 Å². The van der Waals surface area contributed by atoms with Gasteiger partial charge in [-0.15, -0.1) is 0 Å². The number of benzene rings is 2. The molecule has 1 unspecified atom stereocenters. The Balaban J connectivity index is 2.50. The van der Waals surface area contributed by atoms with Gasteiger partial charge in [0.1, 0.15) is 5.54 Å². The summed E-state index contributed by atoms with van der Waals surface area (Å²) in [6, 6.07) is 17.6. The molecule has 2 aromatic rings. The molecule has 0 heterocycles. The fourth-order valence-electron chi connectivity index (χ4n) is 2.65. The number of carbonyl (C=O) groups excluding carboxylic acids is 1. The number of anilines is 1. The highest BCUT2D eigenvalue weighted by molar-refractivity contribution is 5.89. The smallest absolute Gasteiger partial charge is 0.247 e. The Morgan fingerprint density at radius 2 is 1.71 bits per heavy atom. The second-order valence-corrected chi connectivity index (χ2v) is 5.33. The Labute approximate surface area is 126 Å². The van der Waals surface area contributed by atoms with Gasteiger partial charge in [0.2, 0.25) is 5.91 Å². The summed E-state index contributed by atoms with van der Waals surface area (Å²) in [6.07, 6.45) is 1.51. The van der Waals surface area contributed by atoms with Crippen molar-refractivity contribution in [1.29, 1.82) is 0 Å². The van der Waals surface area contributed by atoms with Crippen LogP contribution in [0.15, 0.2) is 54.6 Å². The van der Waals surface area contributed by atoms with Crippen molar-refractivity contribution in [2.45, 2.75) is 32.2 Å². The van der Waals surface area contributed by atoms with Crippen molar-refractivity contribution in [3.8, 4) is 0 Å². The molecule has 0 aliphatic rings. The van der Waals surface area contributed by atoms with Crippen LogP contribution in [0, 0.1) is 6.92 Å². The van der Waals surface area contributed by atoms with E-state index in [0.717, 1.165) is 23.2 Å². The van der Waals surface area contributed by atoms with Crippen LogP contribution < -0.4 is 11.1 Å². The zero-order valence-corrected chi connectivity index (χ0v) is 12.6. The van der Waals surface area contributed by atoms with Crippen molar-refractivity contribution >= 4 is 11.6 Å². The lowest BCUT2D eigenvalue weighted by Crippen LogP contribution is -2.47. The van der Waals surface area contributed by atoms with Crippen molar-refractivity contribution in [3.63, 3.8) is 0 Å². The molecule has 0 saturated heterocycles. The summed E-state index contributed by atoms with van der Waals surface area (Å²) in [5.41, 5.74) is 7.85. The largest absolute Gasteiger partial charge is 0.367 e. The molecule has 3 N–H and O–H groups in total. The third kappa shape index (κ3) is 3.07. The third-order valence-corrected chi connectivity index (χ3v) is 3.81. The van der Waals surface area contributed by atoms with Gasteiger partial charge in [0.05, 0.1) is 0 Å². The predicted molar refractivity (Wildman–Crippen MR) is 87.0 cm³/mol. The van der Waals surface area contributed by atoms with Crippen LogP contribution in [0.5, 0.6) is 0 Å². The highest BCUT2D eigenvalue weighted by atomic mass is 16.1. The molecule has 0 aliphatic carbocycles. The molecule has 3 heteroatoms. The second-order valence-electron chi connectivity index (χ2n) is 5.33. The summed E-state index contributed by atoms with van der Waals surface area (Å²) < 4.78 is 0. The van der Waals surface area contributed by atoms with E-state index in [-0.39, 0.29) is 5.91 Å². The lowest BCUT2D eigenvalue weighted by Gasteiger charge is -2.33. The summed E-state index contributed by atoms with van der Waals surface area (Å²) in [5, 5.41) is 3.40. The van der Waals surface area contributed by atoms with Crippen LogP contribution in [0.3, 0.4) is 0 Å². The van der Waals surface area contributed by atoms with E-state index >= 15 is 0 Å². The number of nitrogens with one attached hydrogen (secondary N) is 1. The molecule has 21 heavy (non-hydrogen) atoms. The van der Waals surface area contributed by atoms with E-state index in [1.54, 1.807) is 0 Å². The second kappa shape index (κ2) is 6.44. The number of rotatable bonds is 6. The third-order valence-electron chi connectivity index (χ3n) is 3.81. The molecule has 0 aliphatic heterocycles. The Morgan fingerprint density at radius 1 is 1.10 bits per heavy atom. The quantitative estimate of drug-likeness (QED) is 0.850. The Kier molecular flexibility index (Phi) is 4.63. The van der Waals surface area contributed by atoms with Crippen LogP contribution in [-0.2, 0) is 10.3 Å².